The molecule has 0 heterocycles. The predicted molar refractivity (Wildman–Crippen MR) is 123 cm³/mol. The highest BCUT2D eigenvalue weighted by Gasteiger charge is 2.14. The summed E-state index contributed by atoms with van der Waals surface area (Å²) in [4.78, 5) is 16.1. The number of hydrogen-bond acceptors (Lipinski definition) is 3. The van der Waals surface area contributed by atoms with Crippen molar-refractivity contribution in [3.05, 3.63) is 29.8 Å². The minimum Gasteiger partial charge on any atom is -0.493 e. The molecule has 7 heteroatoms. The second kappa shape index (κ2) is 12.0. The van der Waals surface area contributed by atoms with Gasteiger partial charge in [0.2, 0.25) is 5.91 Å². The molecule has 1 aromatic carbocycles. The van der Waals surface area contributed by atoms with Gasteiger partial charge in [-0.05, 0) is 51.3 Å². The van der Waals surface area contributed by atoms with Gasteiger partial charge in [-0.25, -0.2) is 0 Å². The highest BCUT2D eigenvalue weighted by atomic mass is 127. The van der Waals surface area contributed by atoms with Crippen molar-refractivity contribution in [3.63, 3.8) is 0 Å². The summed E-state index contributed by atoms with van der Waals surface area (Å²) in [5.74, 6) is 1.89. The van der Waals surface area contributed by atoms with E-state index in [0.29, 0.717) is 18.5 Å². The molecule has 0 saturated carbocycles. The van der Waals surface area contributed by atoms with Gasteiger partial charge in [0.1, 0.15) is 5.75 Å². The Bertz CT molecular complexity index is 595. The number of nitrogens with zero attached hydrogens (tertiary/aromatic N) is 1. The zero-order valence-electron chi connectivity index (χ0n) is 17.6. The molecule has 6 nitrogen and oxygen atoms in total. The van der Waals surface area contributed by atoms with Gasteiger partial charge in [0.25, 0.3) is 0 Å². The lowest BCUT2D eigenvalue weighted by atomic mass is 10.1. The van der Waals surface area contributed by atoms with Gasteiger partial charge in [-0.15, -0.1) is 24.0 Å². The van der Waals surface area contributed by atoms with Crippen LogP contribution in [0.5, 0.6) is 5.75 Å². The number of carbonyl (C=O) groups excluding carboxylic acids is 1. The minimum atomic E-state index is -0.248. The largest absolute Gasteiger partial charge is 0.493 e. The van der Waals surface area contributed by atoms with Gasteiger partial charge >= 0.3 is 0 Å². The number of benzene rings is 1. The number of carbonyl (C=O) groups is 1. The molecule has 1 rings (SSSR count). The molecule has 3 N–H and O–H groups in total. The Morgan fingerprint density at radius 2 is 1.74 bits per heavy atom. The predicted octanol–water partition coefficient (Wildman–Crippen LogP) is 3.48. The summed E-state index contributed by atoms with van der Waals surface area (Å²) in [5, 5.41) is 9.24. The van der Waals surface area contributed by atoms with Crippen LogP contribution in [-0.4, -0.2) is 37.6 Å². The monoisotopic (exact) mass is 490 g/mol. The quantitative estimate of drug-likeness (QED) is 0.311. The molecule has 0 spiro atoms. The van der Waals surface area contributed by atoms with Crippen LogP contribution in [0.2, 0.25) is 0 Å². The summed E-state index contributed by atoms with van der Waals surface area (Å²) < 4.78 is 5.71. The third-order valence-corrected chi connectivity index (χ3v) is 3.47. The van der Waals surface area contributed by atoms with Crippen molar-refractivity contribution in [2.24, 2.45) is 10.9 Å². The third-order valence-electron chi connectivity index (χ3n) is 3.47. The highest BCUT2D eigenvalue weighted by Crippen LogP contribution is 2.18. The van der Waals surface area contributed by atoms with Crippen molar-refractivity contribution >= 4 is 35.8 Å². The van der Waals surface area contributed by atoms with Gasteiger partial charge in [0.05, 0.1) is 19.2 Å². The molecule has 1 amide bonds. The molecule has 0 saturated heterocycles. The van der Waals surface area contributed by atoms with Gasteiger partial charge in [-0.1, -0.05) is 26.0 Å². The molecule has 0 fully saturated rings. The number of halogens is 1. The zero-order chi connectivity index (χ0) is 19.7. The summed E-state index contributed by atoms with van der Waals surface area (Å²) in [6, 6.07) is 8.07. The topological polar surface area (TPSA) is 74.8 Å². The lowest BCUT2D eigenvalue weighted by Gasteiger charge is -2.22. The van der Waals surface area contributed by atoms with E-state index < -0.39 is 0 Å². The Morgan fingerprint density at radius 1 is 1.15 bits per heavy atom. The van der Waals surface area contributed by atoms with Crippen molar-refractivity contribution in [1.29, 1.82) is 0 Å². The molecule has 27 heavy (non-hydrogen) atoms. The lowest BCUT2D eigenvalue weighted by Crippen LogP contribution is -2.48. The number of hydrogen-bond donors (Lipinski definition) is 3. The van der Waals surface area contributed by atoms with Gasteiger partial charge in [-0.2, -0.15) is 0 Å². The Labute approximate surface area is 181 Å². The van der Waals surface area contributed by atoms with Crippen molar-refractivity contribution < 1.29 is 9.53 Å². The molecule has 0 aliphatic rings. The first-order chi connectivity index (χ1) is 12.1. The van der Waals surface area contributed by atoms with Crippen LogP contribution in [0, 0.1) is 5.92 Å². The number of amides is 1. The average molecular weight is 490 g/mol. The van der Waals surface area contributed by atoms with E-state index in [1.54, 1.807) is 7.05 Å². The van der Waals surface area contributed by atoms with E-state index >= 15 is 0 Å². The van der Waals surface area contributed by atoms with Gasteiger partial charge < -0.3 is 20.7 Å². The Balaban J connectivity index is 0.00000676. The normalized spacial score (nSPS) is 12.8. The van der Waals surface area contributed by atoms with E-state index in [0.717, 1.165) is 11.3 Å². The Morgan fingerprint density at radius 3 is 2.22 bits per heavy atom. The van der Waals surface area contributed by atoms with E-state index in [1.165, 1.54) is 0 Å². The summed E-state index contributed by atoms with van der Waals surface area (Å²) in [6.07, 6.45) is 0. The van der Waals surface area contributed by atoms with Crippen LogP contribution in [0.1, 0.15) is 53.1 Å². The first-order valence-corrected chi connectivity index (χ1v) is 9.11. The standard InChI is InChI=1S/C20H34N4O2.HI/c1-14(2)13-26-17-10-8-16(9-11-17)15(3)23-19(21-7)22-12-18(25)24-20(4,5)6;/h8-11,14-15H,12-13H2,1-7H3,(H,24,25)(H2,21,22,23);1H. The molecular formula is C20H35IN4O2. The molecule has 154 valence electrons. The Hall–Kier alpha value is -1.51. The van der Waals surface area contributed by atoms with Crippen LogP contribution < -0.4 is 20.7 Å². The van der Waals surface area contributed by atoms with Crippen LogP contribution in [-0.2, 0) is 4.79 Å². The third kappa shape index (κ3) is 11.0. The molecule has 0 aliphatic heterocycles. The zero-order valence-corrected chi connectivity index (χ0v) is 19.9. The summed E-state index contributed by atoms with van der Waals surface area (Å²) in [6.45, 7) is 13.0. The summed E-state index contributed by atoms with van der Waals surface area (Å²) in [7, 11) is 1.69. The fourth-order valence-corrected chi connectivity index (χ4v) is 2.23. The highest BCUT2D eigenvalue weighted by molar-refractivity contribution is 14.0. The van der Waals surface area contributed by atoms with Crippen LogP contribution in [0.3, 0.4) is 0 Å². The van der Waals surface area contributed by atoms with Crippen LogP contribution in [0.25, 0.3) is 0 Å². The van der Waals surface area contributed by atoms with Gasteiger partial charge in [-0.3, -0.25) is 9.79 Å². The number of nitrogens with one attached hydrogen (secondary N) is 3. The van der Waals surface area contributed by atoms with Gasteiger partial charge in [0.15, 0.2) is 5.96 Å². The minimum absolute atomic E-state index is 0. The number of aliphatic imine (C=N–C) groups is 1. The maximum atomic E-state index is 11.9. The second-order valence-electron chi connectivity index (χ2n) is 7.86. The second-order valence-corrected chi connectivity index (χ2v) is 7.86. The van der Waals surface area contributed by atoms with E-state index in [2.05, 4.69) is 34.8 Å². The molecule has 0 radical (unpaired) electrons. The van der Waals surface area contributed by atoms with Crippen LogP contribution in [0.15, 0.2) is 29.3 Å². The smallest absolute Gasteiger partial charge is 0.239 e. The van der Waals surface area contributed by atoms with Crippen molar-refractivity contribution in [3.8, 4) is 5.75 Å². The Kier molecular flexibility index (Phi) is 11.4. The maximum absolute atomic E-state index is 11.9. The SMILES string of the molecule is CN=C(NCC(=O)NC(C)(C)C)NC(C)c1ccc(OCC(C)C)cc1.I. The first-order valence-electron chi connectivity index (χ1n) is 9.11. The molecule has 0 aromatic heterocycles. The number of rotatable bonds is 7. The molecular weight excluding hydrogens is 455 g/mol. The molecule has 1 unspecified atom stereocenters. The molecule has 1 atom stereocenters. The van der Waals surface area contributed by atoms with Crippen molar-refractivity contribution in [2.45, 2.75) is 53.1 Å². The molecule has 0 bridgehead atoms. The molecule has 0 aliphatic carbocycles. The molecule has 1 aromatic rings. The van der Waals surface area contributed by atoms with Crippen molar-refractivity contribution in [2.75, 3.05) is 20.2 Å². The van der Waals surface area contributed by atoms with Gasteiger partial charge in [0, 0.05) is 12.6 Å². The number of guanidine groups is 1. The lowest BCUT2D eigenvalue weighted by molar-refractivity contribution is -0.121. The fraction of sp³-hybridized carbons (Fsp3) is 0.600. The first kappa shape index (κ1) is 25.5. The van der Waals surface area contributed by atoms with Crippen LogP contribution in [0.4, 0.5) is 0 Å². The van der Waals surface area contributed by atoms with E-state index in [1.807, 2.05) is 52.0 Å². The van der Waals surface area contributed by atoms with E-state index in [-0.39, 0.29) is 48.0 Å². The fourth-order valence-electron chi connectivity index (χ4n) is 2.23. The summed E-state index contributed by atoms with van der Waals surface area (Å²) >= 11 is 0. The maximum Gasteiger partial charge on any atom is 0.239 e. The van der Waals surface area contributed by atoms with E-state index in [9.17, 15) is 4.79 Å². The van der Waals surface area contributed by atoms with Crippen molar-refractivity contribution in [1.82, 2.24) is 16.0 Å². The summed E-state index contributed by atoms with van der Waals surface area (Å²) in [5.41, 5.74) is 0.867. The number of ether oxygens (including phenoxy) is 1. The van der Waals surface area contributed by atoms with Crippen LogP contribution >= 0.6 is 24.0 Å². The van der Waals surface area contributed by atoms with E-state index in [4.69, 9.17) is 4.74 Å². The average Bonchev–Trinajstić information content (AvgIpc) is 2.55.